The van der Waals surface area contributed by atoms with Crippen molar-refractivity contribution in [2.75, 3.05) is 19.6 Å². The summed E-state index contributed by atoms with van der Waals surface area (Å²) < 4.78 is 4.35. The smallest absolute Gasteiger partial charge is 0.317 e. The van der Waals surface area contributed by atoms with Gasteiger partial charge >= 0.3 is 5.97 Å². The molecule has 1 aliphatic carbocycles. The molecule has 2 aromatic heterocycles. The Balaban J connectivity index is 1.49. The Labute approximate surface area is 140 Å². The molecule has 24 heavy (non-hydrogen) atoms. The van der Waals surface area contributed by atoms with Gasteiger partial charge in [-0.3, -0.25) is 9.69 Å². The van der Waals surface area contributed by atoms with E-state index in [1.165, 1.54) is 12.8 Å². The summed E-state index contributed by atoms with van der Waals surface area (Å²) in [5, 5.41) is 17.9. The van der Waals surface area contributed by atoms with Crippen molar-refractivity contribution in [3.63, 3.8) is 0 Å². The van der Waals surface area contributed by atoms with E-state index in [-0.39, 0.29) is 6.54 Å². The summed E-state index contributed by atoms with van der Waals surface area (Å²) in [7, 11) is 0. The van der Waals surface area contributed by atoms with Crippen LogP contribution in [0.1, 0.15) is 49.3 Å². The number of likely N-dealkylation sites (tertiary alicyclic amines) is 1. The zero-order valence-corrected chi connectivity index (χ0v) is 13.6. The number of imidazole rings is 1. The lowest BCUT2D eigenvalue weighted by molar-refractivity contribution is -0.138. The normalized spacial score (nSPS) is 19.7. The van der Waals surface area contributed by atoms with Crippen molar-refractivity contribution in [2.45, 2.75) is 44.2 Å². The molecular formula is C16H22N6O2. The van der Waals surface area contributed by atoms with Gasteiger partial charge in [-0.1, -0.05) is 0 Å². The lowest BCUT2D eigenvalue weighted by atomic mass is 9.96. The van der Waals surface area contributed by atoms with E-state index in [9.17, 15) is 4.79 Å². The van der Waals surface area contributed by atoms with Gasteiger partial charge in [0.2, 0.25) is 0 Å². The van der Waals surface area contributed by atoms with E-state index in [2.05, 4.69) is 19.7 Å². The highest BCUT2D eigenvalue weighted by Crippen LogP contribution is 2.39. The summed E-state index contributed by atoms with van der Waals surface area (Å²) >= 11 is 0. The van der Waals surface area contributed by atoms with Gasteiger partial charge in [-0.05, 0) is 38.8 Å². The highest BCUT2D eigenvalue weighted by molar-refractivity contribution is 5.69. The number of aliphatic carboxylic acids is 1. The minimum absolute atomic E-state index is 0.133. The Morgan fingerprint density at radius 3 is 2.62 bits per heavy atom. The van der Waals surface area contributed by atoms with Crippen LogP contribution in [-0.2, 0) is 11.3 Å². The highest BCUT2D eigenvalue weighted by Gasteiger charge is 2.33. The predicted octanol–water partition coefficient (Wildman–Crippen LogP) is 1.12. The number of nitrogens with zero attached hydrogens (tertiary/aromatic N) is 6. The maximum atomic E-state index is 10.8. The third-order valence-electron chi connectivity index (χ3n) is 4.90. The molecule has 2 fully saturated rings. The molecule has 1 saturated carbocycles. The van der Waals surface area contributed by atoms with Gasteiger partial charge in [-0.2, -0.15) is 0 Å². The number of rotatable bonds is 6. The fourth-order valence-corrected chi connectivity index (χ4v) is 3.54. The van der Waals surface area contributed by atoms with Crippen LogP contribution in [0.5, 0.6) is 0 Å². The molecular weight excluding hydrogens is 308 g/mol. The monoisotopic (exact) mass is 330 g/mol. The van der Waals surface area contributed by atoms with Gasteiger partial charge in [0.1, 0.15) is 5.82 Å². The molecule has 0 atom stereocenters. The van der Waals surface area contributed by atoms with Crippen LogP contribution in [0.15, 0.2) is 18.7 Å². The SMILES string of the molecule is O=C(O)CN1CCC(c2nnc(Cn3ccnc3)n2C2CC2)CC1. The van der Waals surface area contributed by atoms with Crippen LogP contribution in [0.2, 0.25) is 0 Å². The van der Waals surface area contributed by atoms with Crippen molar-refractivity contribution in [3.05, 3.63) is 30.4 Å². The minimum Gasteiger partial charge on any atom is -0.480 e. The summed E-state index contributed by atoms with van der Waals surface area (Å²) in [6.45, 7) is 2.45. The average molecular weight is 330 g/mol. The molecule has 0 spiro atoms. The number of carbonyl (C=O) groups is 1. The van der Waals surface area contributed by atoms with Gasteiger partial charge in [-0.25, -0.2) is 4.98 Å². The quantitative estimate of drug-likeness (QED) is 0.854. The molecule has 0 radical (unpaired) electrons. The van der Waals surface area contributed by atoms with Gasteiger partial charge in [0.25, 0.3) is 0 Å². The van der Waals surface area contributed by atoms with E-state index in [1.54, 1.807) is 12.5 Å². The first-order valence-corrected chi connectivity index (χ1v) is 8.54. The molecule has 0 amide bonds. The second-order valence-corrected chi connectivity index (χ2v) is 6.75. The zero-order chi connectivity index (χ0) is 16.5. The number of aromatic nitrogens is 5. The molecule has 2 aliphatic rings. The van der Waals surface area contributed by atoms with E-state index in [1.807, 2.05) is 15.7 Å². The standard InChI is InChI=1S/C16H22N6O2/c23-15(24)10-20-6-3-12(4-7-20)16-19-18-14(22(16)13-1-2-13)9-21-8-5-17-11-21/h5,8,11-13H,1-4,6-7,9-10H2,(H,23,24). The Hall–Kier alpha value is -2.22. The molecule has 1 N–H and O–H groups in total. The van der Waals surface area contributed by atoms with E-state index in [0.717, 1.165) is 37.6 Å². The molecule has 128 valence electrons. The summed E-state index contributed by atoms with van der Waals surface area (Å²) in [6.07, 6.45) is 9.80. The topological polar surface area (TPSA) is 89.1 Å². The summed E-state index contributed by atoms with van der Waals surface area (Å²) in [6, 6.07) is 0.533. The molecule has 0 aromatic carbocycles. The first kappa shape index (κ1) is 15.3. The van der Waals surface area contributed by atoms with Crippen LogP contribution in [0.4, 0.5) is 0 Å². The van der Waals surface area contributed by atoms with Crippen LogP contribution in [0, 0.1) is 0 Å². The lowest BCUT2D eigenvalue weighted by Gasteiger charge is -2.30. The van der Waals surface area contributed by atoms with Gasteiger partial charge in [0.15, 0.2) is 5.82 Å². The number of hydrogen-bond donors (Lipinski definition) is 1. The fraction of sp³-hybridized carbons (Fsp3) is 0.625. The van der Waals surface area contributed by atoms with Crippen molar-refractivity contribution in [1.82, 2.24) is 29.2 Å². The van der Waals surface area contributed by atoms with Gasteiger partial charge < -0.3 is 14.2 Å². The van der Waals surface area contributed by atoms with E-state index in [0.29, 0.717) is 18.5 Å². The van der Waals surface area contributed by atoms with Gasteiger partial charge in [0, 0.05) is 24.4 Å². The molecule has 3 heterocycles. The van der Waals surface area contributed by atoms with Crippen molar-refractivity contribution in [1.29, 1.82) is 0 Å². The molecule has 0 unspecified atom stereocenters. The number of carboxylic acids is 1. The van der Waals surface area contributed by atoms with Crippen LogP contribution >= 0.6 is 0 Å². The first-order valence-electron chi connectivity index (χ1n) is 8.54. The fourth-order valence-electron chi connectivity index (χ4n) is 3.54. The zero-order valence-electron chi connectivity index (χ0n) is 13.6. The third-order valence-corrected chi connectivity index (χ3v) is 4.90. The molecule has 2 aromatic rings. The minimum atomic E-state index is -0.753. The van der Waals surface area contributed by atoms with E-state index >= 15 is 0 Å². The number of hydrogen-bond acceptors (Lipinski definition) is 5. The van der Waals surface area contributed by atoms with Crippen LogP contribution in [-0.4, -0.2) is 59.9 Å². The highest BCUT2D eigenvalue weighted by atomic mass is 16.4. The molecule has 8 heteroatoms. The number of carboxylic acid groups (broad SMARTS) is 1. The largest absolute Gasteiger partial charge is 0.480 e. The molecule has 8 nitrogen and oxygen atoms in total. The Kier molecular flexibility index (Phi) is 4.05. The van der Waals surface area contributed by atoms with Crippen molar-refractivity contribution in [3.8, 4) is 0 Å². The maximum absolute atomic E-state index is 10.8. The molecule has 1 saturated heterocycles. The van der Waals surface area contributed by atoms with Crippen molar-refractivity contribution < 1.29 is 9.90 Å². The van der Waals surface area contributed by atoms with Gasteiger partial charge in [0.05, 0.1) is 19.4 Å². The third kappa shape index (κ3) is 3.19. The Morgan fingerprint density at radius 1 is 1.21 bits per heavy atom. The van der Waals surface area contributed by atoms with Crippen LogP contribution < -0.4 is 0 Å². The average Bonchev–Trinajstić information content (AvgIpc) is 3.11. The summed E-state index contributed by atoms with van der Waals surface area (Å²) in [4.78, 5) is 16.9. The number of piperidine rings is 1. The predicted molar refractivity (Wildman–Crippen MR) is 85.7 cm³/mol. The Bertz CT molecular complexity index is 698. The maximum Gasteiger partial charge on any atom is 0.317 e. The lowest BCUT2D eigenvalue weighted by Crippen LogP contribution is -2.37. The summed E-state index contributed by atoms with van der Waals surface area (Å²) in [5.41, 5.74) is 0. The van der Waals surface area contributed by atoms with Crippen molar-refractivity contribution >= 4 is 5.97 Å². The van der Waals surface area contributed by atoms with E-state index in [4.69, 9.17) is 5.11 Å². The molecule has 4 rings (SSSR count). The second-order valence-electron chi connectivity index (χ2n) is 6.75. The molecule has 0 bridgehead atoms. The second kappa shape index (κ2) is 6.35. The first-order chi connectivity index (χ1) is 11.7. The van der Waals surface area contributed by atoms with Crippen LogP contribution in [0.25, 0.3) is 0 Å². The Morgan fingerprint density at radius 2 is 2.00 bits per heavy atom. The molecule has 1 aliphatic heterocycles. The summed E-state index contributed by atoms with van der Waals surface area (Å²) in [5.74, 6) is 1.71. The van der Waals surface area contributed by atoms with Gasteiger partial charge in [-0.15, -0.1) is 10.2 Å². The van der Waals surface area contributed by atoms with Crippen molar-refractivity contribution in [2.24, 2.45) is 0 Å². The van der Waals surface area contributed by atoms with Crippen LogP contribution in [0.3, 0.4) is 0 Å². The van der Waals surface area contributed by atoms with E-state index < -0.39 is 5.97 Å².